The van der Waals surface area contributed by atoms with Crippen LogP contribution in [0.1, 0.15) is 30.6 Å². The first-order chi connectivity index (χ1) is 9.79. The molecule has 1 rings (SSSR count). The van der Waals surface area contributed by atoms with Crippen molar-refractivity contribution in [3.8, 4) is 0 Å². The summed E-state index contributed by atoms with van der Waals surface area (Å²) in [6.45, 7) is 3.63. The number of hydrogen-bond donors (Lipinski definition) is 1. The zero-order valence-corrected chi connectivity index (χ0v) is 12.3. The summed E-state index contributed by atoms with van der Waals surface area (Å²) in [7, 11) is 0. The van der Waals surface area contributed by atoms with Crippen LogP contribution in [0.15, 0.2) is 12.1 Å². The Balaban J connectivity index is 3.12. The topological polar surface area (TPSA) is 72.2 Å². The van der Waals surface area contributed by atoms with Gasteiger partial charge in [-0.15, -0.1) is 11.6 Å². The Morgan fingerprint density at radius 1 is 1.43 bits per heavy atom. The Kier molecular flexibility index (Phi) is 6.02. The highest BCUT2D eigenvalue weighted by Crippen LogP contribution is 2.23. The monoisotopic (exact) mass is 320 g/mol. The first kappa shape index (κ1) is 17.3. The zero-order valence-electron chi connectivity index (χ0n) is 11.5. The number of carbonyl (C=O) groups is 1. The van der Waals surface area contributed by atoms with Crippen LogP contribution in [0.5, 0.6) is 0 Å². The van der Waals surface area contributed by atoms with Gasteiger partial charge >= 0.3 is 5.69 Å². The van der Waals surface area contributed by atoms with E-state index in [1.54, 1.807) is 0 Å². The maximum Gasteiger partial charge on any atom is 0.305 e. The van der Waals surface area contributed by atoms with E-state index < -0.39 is 33.7 Å². The highest BCUT2D eigenvalue weighted by Gasteiger charge is 2.27. The van der Waals surface area contributed by atoms with Crippen LogP contribution in [0.2, 0.25) is 0 Å². The summed E-state index contributed by atoms with van der Waals surface area (Å²) >= 11 is 5.61. The van der Waals surface area contributed by atoms with Crippen molar-refractivity contribution >= 4 is 23.2 Å². The molecule has 0 saturated heterocycles. The number of carbonyl (C=O) groups excluding carboxylic acids is 1. The van der Waals surface area contributed by atoms with E-state index >= 15 is 0 Å². The second-order valence-corrected chi connectivity index (χ2v) is 5.19. The zero-order chi connectivity index (χ0) is 16.2. The Morgan fingerprint density at radius 2 is 2.05 bits per heavy atom. The number of nitro benzene ring substituents is 1. The first-order valence-corrected chi connectivity index (χ1v) is 6.82. The lowest BCUT2D eigenvalue weighted by atomic mass is 10.0. The Morgan fingerprint density at radius 3 is 2.52 bits per heavy atom. The van der Waals surface area contributed by atoms with Gasteiger partial charge in [-0.1, -0.05) is 13.8 Å². The van der Waals surface area contributed by atoms with Crippen molar-refractivity contribution < 1.29 is 18.5 Å². The second kappa shape index (κ2) is 7.31. The fourth-order valence-corrected chi connectivity index (χ4v) is 2.06. The van der Waals surface area contributed by atoms with Gasteiger partial charge in [0.25, 0.3) is 5.91 Å². The molecule has 8 heteroatoms. The fourth-order valence-electron chi connectivity index (χ4n) is 1.82. The summed E-state index contributed by atoms with van der Waals surface area (Å²) < 4.78 is 27.5. The van der Waals surface area contributed by atoms with E-state index in [4.69, 9.17) is 11.6 Å². The molecule has 1 aromatic rings. The van der Waals surface area contributed by atoms with Crippen LogP contribution in [-0.2, 0) is 0 Å². The van der Waals surface area contributed by atoms with Gasteiger partial charge in [0.15, 0.2) is 0 Å². The molecular weight excluding hydrogens is 306 g/mol. The van der Waals surface area contributed by atoms with Crippen molar-refractivity contribution in [3.05, 3.63) is 39.4 Å². The van der Waals surface area contributed by atoms with Crippen molar-refractivity contribution in [3.63, 3.8) is 0 Å². The number of halogens is 3. The summed E-state index contributed by atoms with van der Waals surface area (Å²) in [5.74, 6) is -3.40. The van der Waals surface area contributed by atoms with Crippen LogP contribution < -0.4 is 5.32 Å². The van der Waals surface area contributed by atoms with Crippen LogP contribution >= 0.6 is 11.6 Å². The molecule has 0 aromatic heterocycles. The lowest BCUT2D eigenvalue weighted by molar-refractivity contribution is -0.387. The predicted molar refractivity (Wildman–Crippen MR) is 74.4 cm³/mol. The van der Waals surface area contributed by atoms with E-state index in [1.165, 1.54) is 0 Å². The van der Waals surface area contributed by atoms with Gasteiger partial charge in [0.1, 0.15) is 11.4 Å². The van der Waals surface area contributed by atoms with Gasteiger partial charge < -0.3 is 5.32 Å². The van der Waals surface area contributed by atoms with Crippen molar-refractivity contribution in [2.24, 2.45) is 5.92 Å². The quantitative estimate of drug-likeness (QED) is 0.497. The number of amides is 1. The summed E-state index contributed by atoms with van der Waals surface area (Å²) in [5, 5.41) is 13.1. The van der Waals surface area contributed by atoms with Gasteiger partial charge in [-0.3, -0.25) is 14.9 Å². The molecule has 1 N–H and O–H groups in total. The molecule has 1 amide bonds. The molecule has 21 heavy (non-hydrogen) atoms. The molecule has 116 valence electrons. The van der Waals surface area contributed by atoms with Crippen LogP contribution in [0.4, 0.5) is 14.5 Å². The lowest BCUT2D eigenvalue weighted by Crippen LogP contribution is -2.39. The van der Waals surface area contributed by atoms with E-state index in [9.17, 15) is 23.7 Å². The molecule has 5 nitrogen and oxygen atoms in total. The summed E-state index contributed by atoms with van der Waals surface area (Å²) in [6.07, 6.45) is 0.420. The molecule has 0 bridgehead atoms. The Hall–Kier alpha value is -1.76. The van der Waals surface area contributed by atoms with Crippen molar-refractivity contribution in [1.29, 1.82) is 0 Å². The molecule has 0 aliphatic rings. The van der Waals surface area contributed by atoms with Crippen LogP contribution in [-0.4, -0.2) is 22.8 Å². The number of hydrogen-bond acceptors (Lipinski definition) is 3. The second-order valence-electron chi connectivity index (χ2n) is 4.81. The van der Waals surface area contributed by atoms with E-state index in [2.05, 4.69) is 5.32 Å². The number of nitro groups is 1. The van der Waals surface area contributed by atoms with Crippen LogP contribution in [0, 0.1) is 27.7 Å². The minimum Gasteiger partial charge on any atom is -0.349 e. The number of benzene rings is 1. The van der Waals surface area contributed by atoms with Crippen molar-refractivity contribution in [1.82, 2.24) is 5.32 Å². The molecule has 0 heterocycles. The average molecular weight is 321 g/mol. The Bertz CT molecular complexity index is 552. The third-order valence-electron chi connectivity index (χ3n) is 3.04. The maximum atomic E-state index is 13.9. The standard InChI is InChI=1S/C13H15ClF2N2O3/c1-7(2)9(5-6-14)17-13(19)11-8(15)3-4-10(12(11)16)18(20)21/h3-4,7,9H,5-6H2,1-2H3,(H,17,19). The molecule has 1 atom stereocenters. The molecule has 0 radical (unpaired) electrons. The molecule has 0 spiro atoms. The fraction of sp³-hybridized carbons (Fsp3) is 0.462. The lowest BCUT2D eigenvalue weighted by Gasteiger charge is -2.21. The minimum absolute atomic E-state index is 0.00230. The molecule has 0 fully saturated rings. The SMILES string of the molecule is CC(C)C(CCCl)NC(=O)c1c(F)ccc([N+](=O)[O-])c1F. The summed E-state index contributed by atoms with van der Waals surface area (Å²) in [6, 6.07) is 0.996. The highest BCUT2D eigenvalue weighted by molar-refractivity contribution is 6.17. The third-order valence-corrected chi connectivity index (χ3v) is 3.25. The van der Waals surface area contributed by atoms with E-state index in [-0.39, 0.29) is 17.8 Å². The van der Waals surface area contributed by atoms with Gasteiger partial charge in [-0.25, -0.2) is 4.39 Å². The van der Waals surface area contributed by atoms with E-state index in [0.717, 1.165) is 0 Å². The highest BCUT2D eigenvalue weighted by atomic mass is 35.5. The smallest absolute Gasteiger partial charge is 0.305 e. The normalized spacial score (nSPS) is 12.3. The summed E-state index contributed by atoms with van der Waals surface area (Å²) in [4.78, 5) is 21.6. The molecular formula is C13H15ClF2N2O3. The van der Waals surface area contributed by atoms with Crippen LogP contribution in [0.3, 0.4) is 0 Å². The van der Waals surface area contributed by atoms with E-state index in [1.807, 2.05) is 13.8 Å². The Labute approximate surface area is 125 Å². The number of nitrogens with zero attached hydrogens (tertiary/aromatic N) is 1. The maximum absolute atomic E-state index is 13.9. The molecule has 1 aromatic carbocycles. The van der Waals surface area contributed by atoms with Gasteiger partial charge in [0.2, 0.25) is 5.82 Å². The van der Waals surface area contributed by atoms with Crippen LogP contribution in [0.25, 0.3) is 0 Å². The summed E-state index contributed by atoms with van der Waals surface area (Å²) in [5.41, 5.74) is -1.90. The largest absolute Gasteiger partial charge is 0.349 e. The third kappa shape index (κ3) is 4.10. The molecule has 0 saturated carbocycles. The molecule has 1 unspecified atom stereocenters. The van der Waals surface area contributed by atoms with Gasteiger partial charge in [-0.05, 0) is 18.4 Å². The number of nitrogens with one attached hydrogen (secondary N) is 1. The molecule has 0 aliphatic heterocycles. The molecule has 0 aliphatic carbocycles. The van der Waals surface area contributed by atoms with E-state index in [0.29, 0.717) is 18.6 Å². The number of alkyl halides is 1. The average Bonchev–Trinajstić information content (AvgIpc) is 2.37. The van der Waals surface area contributed by atoms with Gasteiger partial charge in [0, 0.05) is 18.0 Å². The minimum atomic E-state index is -1.48. The van der Waals surface area contributed by atoms with Gasteiger partial charge in [0.05, 0.1) is 4.92 Å². The van der Waals surface area contributed by atoms with Crippen molar-refractivity contribution in [2.75, 3.05) is 5.88 Å². The first-order valence-electron chi connectivity index (χ1n) is 6.28. The van der Waals surface area contributed by atoms with Crippen molar-refractivity contribution in [2.45, 2.75) is 26.3 Å². The predicted octanol–water partition coefficient (Wildman–Crippen LogP) is 3.26. The van der Waals surface area contributed by atoms with Gasteiger partial charge in [-0.2, -0.15) is 4.39 Å². The number of rotatable bonds is 6.